The third-order valence-electron chi connectivity index (χ3n) is 3.92. The number of hydrogen-bond acceptors (Lipinski definition) is 3. The van der Waals surface area contributed by atoms with Crippen LogP contribution in [0.15, 0.2) is 18.2 Å². The molecule has 4 heteroatoms. The summed E-state index contributed by atoms with van der Waals surface area (Å²) in [6.07, 6.45) is 4.84. The minimum atomic E-state index is -0.323. The number of nitrogens with one attached hydrogen (secondary N) is 1. The summed E-state index contributed by atoms with van der Waals surface area (Å²) in [4.78, 5) is 2.36. The Labute approximate surface area is 126 Å². The summed E-state index contributed by atoms with van der Waals surface area (Å²) in [6, 6.07) is 7.18. The van der Waals surface area contributed by atoms with Gasteiger partial charge < -0.3 is 5.32 Å². The van der Waals surface area contributed by atoms with Crippen molar-refractivity contribution in [2.75, 3.05) is 19.6 Å². The Balaban J connectivity index is 2.01. The first-order valence-electron chi connectivity index (χ1n) is 7.86. The molecular weight excluding hydrogens is 265 g/mol. The predicted octanol–water partition coefficient (Wildman–Crippen LogP) is 3.05. The lowest BCUT2D eigenvalue weighted by Crippen LogP contribution is -2.43. The number of piperidine rings is 1. The number of nitrogens with zero attached hydrogens (tertiary/aromatic N) is 2. The smallest absolute Gasteiger partial charge is 0.124 e. The second kappa shape index (κ2) is 8.11. The minimum Gasteiger partial charge on any atom is -0.313 e. The van der Waals surface area contributed by atoms with Crippen LogP contribution in [0.1, 0.15) is 43.7 Å². The van der Waals surface area contributed by atoms with Gasteiger partial charge in [-0.2, -0.15) is 5.26 Å². The topological polar surface area (TPSA) is 39.1 Å². The summed E-state index contributed by atoms with van der Waals surface area (Å²) in [7, 11) is 0. The third kappa shape index (κ3) is 5.11. The standard InChI is InChI=1S/C17H24FN3/c1-2-7-21(13-17-5-3-4-6-20-17)12-15-8-14(11-19)9-16(18)10-15/h8-10,17,20H,2-7,12-13H2,1H3. The Morgan fingerprint density at radius 1 is 1.38 bits per heavy atom. The number of benzene rings is 1. The zero-order chi connectivity index (χ0) is 15.1. The highest BCUT2D eigenvalue weighted by Crippen LogP contribution is 2.14. The van der Waals surface area contributed by atoms with Gasteiger partial charge in [0.05, 0.1) is 11.6 Å². The average molecular weight is 289 g/mol. The third-order valence-corrected chi connectivity index (χ3v) is 3.92. The first-order chi connectivity index (χ1) is 10.2. The van der Waals surface area contributed by atoms with Crippen LogP contribution in [0.2, 0.25) is 0 Å². The van der Waals surface area contributed by atoms with Crippen LogP contribution in [0, 0.1) is 17.1 Å². The van der Waals surface area contributed by atoms with E-state index in [4.69, 9.17) is 5.26 Å². The molecule has 1 heterocycles. The molecule has 1 aliphatic rings. The van der Waals surface area contributed by atoms with Gasteiger partial charge in [-0.1, -0.05) is 13.3 Å². The fourth-order valence-electron chi connectivity index (χ4n) is 3.01. The quantitative estimate of drug-likeness (QED) is 0.875. The van der Waals surface area contributed by atoms with Crippen LogP contribution < -0.4 is 5.32 Å². The van der Waals surface area contributed by atoms with Crippen molar-refractivity contribution in [1.82, 2.24) is 10.2 Å². The van der Waals surface area contributed by atoms with Gasteiger partial charge in [0.1, 0.15) is 5.82 Å². The molecule has 0 amide bonds. The molecule has 1 fully saturated rings. The van der Waals surface area contributed by atoms with Gasteiger partial charge >= 0.3 is 0 Å². The van der Waals surface area contributed by atoms with Gasteiger partial charge in [0.25, 0.3) is 0 Å². The monoisotopic (exact) mass is 289 g/mol. The second-order valence-corrected chi connectivity index (χ2v) is 5.84. The molecule has 0 aliphatic carbocycles. The van der Waals surface area contributed by atoms with Crippen molar-refractivity contribution in [1.29, 1.82) is 5.26 Å². The maximum atomic E-state index is 13.5. The number of rotatable bonds is 6. The molecule has 0 saturated carbocycles. The Bertz CT molecular complexity index is 489. The molecule has 0 aromatic heterocycles. The molecule has 0 bridgehead atoms. The molecule has 1 aliphatic heterocycles. The van der Waals surface area contributed by atoms with Crippen molar-refractivity contribution < 1.29 is 4.39 Å². The fraction of sp³-hybridized carbons (Fsp3) is 0.588. The first-order valence-corrected chi connectivity index (χ1v) is 7.86. The summed E-state index contributed by atoms with van der Waals surface area (Å²) < 4.78 is 13.5. The van der Waals surface area contributed by atoms with Crippen LogP contribution in [0.4, 0.5) is 4.39 Å². The highest BCUT2D eigenvalue weighted by atomic mass is 19.1. The summed E-state index contributed by atoms with van der Waals surface area (Å²) in [6.45, 7) is 5.96. The van der Waals surface area contributed by atoms with Crippen molar-refractivity contribution >= 4 is 0 Å². The fourth-order valence-corrected chi connectivity index (χ4v) is 3.01. The maximum absolute atomic E-state index is 13.5. The largest absolute Gasteiger partial charge is 0.313 e. The molecule has 1 saturated heterocycles. The van der Waals surface area contributed by atoms with E-state index in [9.17, 15) is 4.39 Å². The van der Waals surface area contributed by atoms with E-state index in [2.05, 4.69) is 17.1 Å². The Morgan fingerprint density at radius 3 is 2.90 bits per heavy atom. The molecule has 0 spiro atoms. The predicted molar refractivity (Wildman–Crippen MR) is 82.3 cm³/mol. The van der Waals surface area contributed by atoms with Gasteiger partial charge in [-0.25, -0.2) is 4.39 Å². The summed E-state index contributed by atoms with van der Waals surface area (Å²) >= 11 is 0. The van der Waals surface area contributed by atoms with Gasteiger partial charge in [0.15, 0.2) is 0 Å². The number of hydrogen-bond donors (Lipinski definition) is 1. The van der Waals surface area contributed by atoms with Gasteiger partial charge in [-0.05, 0) is 56.1 Å². The van der Waals surface area contributed by atoms with Crippen LogP contribution in [0.25, 0.3) is 0 Å². The molecule has 3 nitrogen and oxygen atoms in total. The molecule has 0 radical (unpaired) electrons. The molecule has 1 aromatic rings. The Morgan fingerprint density at radius 2 is 2.24 bits per heavy atom. The number of halogens is 1. The van der Waals surface area contributed by atoms with Gasteiger partial charge in [-0.15, -0.1) is 0 Å². The molecule has 1 unspecified atom stereocenters. The van der Waals surface area contributed by atoms with Gasteiger partial charge in [0, 0.05) is 19.1 Å². The van der Waals surface area contributed by atoms with Crippen LogP contribution in [0.3, 0.4) is 0 Å². The lowest BCUT2D eigenvalue weighted by Gasteiger charge is -2.30. The first kappa shape index (κ1) is 15.9. The van der Waals surface area contributed by atoms with E-state index in [1.54, 1.807) is 6.07 Å². The van der Waals surface area contributed by atoms with Crippen molar-refractivity contribution in [2.45, 2.75) is 45.2 Å². The molecule has 1 aromatic carbocycles. The van der Waals surface area contributed by atoms with Gasteiger partial charge in [0.2, 0.25) is 0 Å². The van der Waals surface area contributed by atoms with Crippen molar-refractivity contribution in [3.8, 4) is 6.07 Å². The molecule has 1 N–H and O–H groups in total. The molecular formula is C17H24FN3. The average Bonchev–Trinajstić information content (AvgIpc) is 2.48. The lowest BCUT2D eigenvalue weighted by atomic mass is 10.0. The highest BCUT2D eigenvalue weighted by molar-refractivity contribution is 5.33. The SMILES string of the molecule is CCCN(Cc1cc(F)cc(C#N)c1)CC1CCCCN1. The van der Waals surface area contributed by atoms with Crippen molar-refractivity contribution in [3.63, 3.8) is 0 Å². The molecule has 2 rings (SSSR count). The van der Waals surface area contributed by atoms with E-state index in [0.717, 1.165) is 31.6 Å². The Hall–Kier alpha value is -1.44. The van der Waals surface area contributed by atoms with Crippen molar-refractivity contribution in [3.05, 3.63) is 35.1 Å². The highest BCUT2D eigenvalue weighted by Gasteiger charge is 2.16. The van der Waals surface area contributed by atoms with E-state index in [-0.39, 0.29) is 5.82 Å². The normalized spacial score (nSPS) is 18.7. The summed E-state index contributed by atoms with van der Waals surface area (Å²) in [5, 5.41) is 12.5. The van der Waals surface area contributed by atoms with E-state index in [1.807, 2.05) is 6.07 Å². The van der Waals surface area contributed by atoms with E-state index >= 15 is 0 Å². The molecule has 21 heavy (non-hydrogen) atoms. The van der Waals surface area contributed by atoms with Crippen LogP contribution in [0.5, 0.6) is 0 Å². The van der Waals surface area contributed by atoms with E-state index < -0.39 is 0 Å². The minimum absolute atomic E-state index is 0.323. The van der Waals surface area contributed by atoms with Gasteiger partial charge in [-0.3, -0.25) is 4.90 Å². The molecule has 1 atom stereocenters. The summed E-state index contributed by atoms with van der Waals surface area (Å²) in [5.41, 5.74) is 1.29. The van der Waals surface area contributed by atoms with Crippen molar-refractivity contribution in [2.24, 2.45) is 0 Å². The summed E-state index contributed by atoms with van der Waals surface area (Å²) in [5.74, 6) is -0.323. The van der Waals surface area contributed by atoms with E-state index in [1.165, 1.54) is 31.4 Å². The zero-order valence-electron chi connectivity index (χ0n) is 12.7. The van der Waals surface area contributed by atoms with Crippen LogP contribution >= 0.6 is 0 Å². The van der Waals surface area contributed by atoms with E-state index in [0.29, 0.717) is 18.2 Å². The van der Waals surface area contributed by atoms with Crippen LogP contribution in [-0.2, 0) is 6.54 Å². The second-order valence-electron chi connectivity index (χ2n) is 5.84. The Kier molecular flexibility index (Phi) is 6.16. The number of nitriles is 1. The zero-order valence-corrected chi connectivity index (χ0v) is 12.7. The lowest BCUT2D eigenvalue weighted by molar-refractivity contribution is 0.217. The van der Waals surface area contributed by atoms with Crippen LogP contribution in [-0.4, -0.2) is 30.6 Å². The molecule has 114 valence electrons. The maximum Gasteiger partial charge on any atom is 0.124 e.